The molecular formula is C15H20FN. The van der Waals surface area contributed by atoms with E-state index in [2.05, 4.69) is 5.32 Å². The van der Waals surface area contributed by atoms with E-state index >= 15 is 0 Å². The molecule has 0 amide bonds. The summed E-state index contributed by atoms with van der Waals surface area (Å²) in [6.07, 6.45) is 7.94. The van der Waals surface area contributed by atoms with Crippen LogP contribution in [0.5, 0.6) is 0 Å². The van der Waals surface area contributed by atoms with Gasteiger partial charge in [0.05, 0.1) is 0 Å². The Morgan fingerprint density at radius 2 is 1.88 bits per heavy atom. The first kappa shape index (κ1) is 11.1. The van der Waals surface area contributed by atoms with E-state index in [1.54, 1.807) is 12.1 Å². The molecule has 1 heterocycles. The van der Waals surface area contributed by atoms with Gasteiger partial charge in [-0.1, -0.05) is 19.3 Å². The molecule has 1 N–H and O–H groups in total. The zero-order chi connectivity index (χ0) is 11.7. The second-order valence-corrected chi connectivity index (χ2v) is 5.45. The molecule has 0 aromatic heterocycles. The third kappa shape index (κ3) is 2.18. The van der Waals surface area contributed by atoms with E-state index in [1.807, 2.05) is 6.07 Å². The Hall–Kier alpha value is -1.05. The molecule has 0 spiro atoms. The molecule has 1 aliphatic heterocycles. The molecule has 0 saturated heterocycles. The van der Waals surface area contributed by atoms with Crippen LogP contribution >= 0.6 is 0 Å². The number of benzene rings is 1. The fourth-order valence-electron chi connectivity index (χ4n) is 3.55. The van der Waals surface area contributed by atoms with Crippen LogP contribution in [0.15, 0.2) is 18.2 Å². The van der Waals surface area contributed by atoms with E-state index in [1.165, 1.54) is 44.1 Å². The third-order valence-corrected chi connectivity index (χ3v) is 4.40. The summed E-state index contributed by atoms with van der Waals surface area (Å²) in [6, 6.07) is 5.22. The van der Waals surface area contributed by atoms with Gasteiger partial charge >= 0.3 is 0 Å². The van der Waals surface area contributed by atoms with E-state index in [0.29, 0.717) is 5.92 Å². The summed E-state index contributed by atoms with van der Waals surface area (Å²) < 4.78 is 13.4. The maximum atomic E-state index is 13.4. The highest BCUT2D eigenvalue weighted by molar-refractivity contribution is 5.55. The SMILES string of the molecule is Fc1ccc2c(c1)C(C1CCCCC1)CCN2. The molecule has 2 aliphatic rings. The molecule has 1 aromatic rings. The van der Waals surface area contributed by atoms with E-state index in [9.17, 15) is 4.39 Å². The minimum atomic E-state index is -0.0896. The summed E-state index contributed by atoms with van der Waals surface area (Å²) in [5.74, 6) is 1.28. The van der Waals surface area contributed by atoms with Gasteiger partial charge in [-0.2, -0.15) is 0 Å². The van der Waals surface area contributed by atoms with Crippen LogP contribution in [0.1, 0.15) is 50.0 Å². The first-order chi connectivity index (χ1) is 8.34. The highest BCUT2D eigenvalue weighted by Gasteiger charge is 2.29. The van der Waals surface area contributed by atoms with Crippen molar-refractivity contribution in [3.63, 3.8) is 0 Å². The van der Waals surface area contributed by atoms with Gasteiger partial charge < -0.3 is 5.32 Å². The number of rotatable bonds is 1. The van der Waals surface area contributed by atoms with Crippen molar-refractivity contribution in [2.45, 2.75) is 44.4 Å². The van der Waals surface area contributed by atoms with Gasteiger partial charge in [-0.25, -0.2) is 4.39 Å². The van der Waals surface area contributed by atoms with Crippen LogP contribution in [-0.2, 0) is 0 Å². The fraction of sp³-hybridized carbons (Fsp3) is 0.600. The van der Waals surface area contributed by atoms with Crippen LogP contribution in [0.2, 0.25) is 0 Å². The summed E-state index contributed by atoms with van der Waals surface area (Å²) >= 11 is 0. The van der Waals surface area contributed by atoms with Gasteiger partial charge in [-0.05, 0) is 54.9 Å². The molecular weight excluding hydrogens is 213 g/mol. The maximum Gasteiger partial charge on any atom is 0.123 e. The lowest BCUT2D eigenvalue weighted by atomic mass is 9.74. The number of hydrogen-bond donors (Lipinski definition) is 1. The van der Waals surface area contributed by atoms with Gasteiger partial charge in [0.2, 0.25) is 0 Å². The number of anilines is 1. The topological polar surface area (TPSA) is 12.0 Å². The molecule has 1 saturated carbocycles. The summed E-state index contributed by atoms with van der Waals surface area (Å²) in [7, 11) is 0. The minimum Gasteiger partial charge on any atom is -0.385 e. The zero-order valence-electron chi connectivity index (χ0n) is 10.2. The number of fused-ring (bicyclic) bond motifs is 1. The number of hydrogen-bond acceptors (Lipinski definition) is 1. The number of halogens is 1. The van der Waals surface area contributed by atoms with E-state index < -0.39 is 0 Å². The molecule has 3 rings (SSSR count). The summed E-state index contributed by atoms with van der Waals surface area (Å²) in [5.41, 5.74) is 2.39. The summed E-state index contributed by atoms with van der Waals surface area (Å²) in [5, 5.41) is 3.39. The Morgan fingerprint density at radius 3 is 2.71 bits per heavy atom. The quantitative estimate of drug-likeness (QED) is 0.762. The first-order valence-corrected chi connectivity index (χ1v) is 6.88. The van der Waals surface area contributed by atoms with Crippen molar-refractivity contribution >= 4 is 5.69 Å². The predicted molar refractivity (Wildman–Crippen MR) is 68.8 cm³/mol. The van der Waals surface area contributed by atoms with E-state index in [4.69, 9.17) is 0 Å². The van der Waals surface area contributed by atoms with Gasteiger partial charge in [0.15, 0.2) is 0 Å². The Kier molecular flexibility index (Phi) is 3.04. The van der Waals surface area contributed by atoms with Gasteiger partial charge in [0, 0.05) is 12.2 Å². The van der Waals surface area contributed by atoms with E-state index in [0.717, 1.165) is 18.2 Å². The lowest BCUT2D eigenvalue weighted by molar-refractivity contribution is 0.294. The molecule has 0 bridgehead atoms. The fourth-order valence-corrected chi connectivity index (χ4v) is 3.55. The van der Waals surface area contributed by atoms with Gasteiger partial charge in [-0.3, -0.25) is 0 Å². The summed E-state index contributed by atoms with van der Waals surface area (Å²) in [6.45, 7) is 1.04. The molecule has 17 heavy (non-hydrogen) atoms. The zero-order valence-corrected chi connectivity index (χ0v) is 10.2. The molecule has 1 nitrogen and oxygen atoms in total. The van der Waals surface area contributed by atoms with E-state index in [-0.39, 0.29) is 5.82 Å². The lowest BCUT2D eigenvalue weighted by Gasteiger charge is -2.35. The van der Waals surface area contributed by atoms with Crippen molar-refractivity contribution < 1.29 is 4.39 Å². The highest BCUT2D eigenvalue weighted by atomic mass is 19.1. The summed E-state index contributed by atoms with van der Waals surface area (Å²) in [4.78, 5) is 0. The lowest BCUT2D eigenvalue weighted by Crippen LogP contribution is -2.24. The Bertz CT molecular complexity index is 396. The normalized spacial score (nSPS) is 25.1. The van der Waals surface area contributed by atoms with Gasteiger partial charge in [-0.15, -0.1) is 0 Å². The van der Waals surface area contributed by atoms with Gasteiger partial charge in [0.1, 0.15) is 5.82 Å². The number of nitrogens with one attached hydrogen (secondary N) is 1. The van der Waals surface area contributed by atoms with Crippen LogP contribution in [0.25, 0.3) is 0 Å². The molecule has 1 fully saturated rings. The maximum absolute atomic E-state index is 13.4. The Labute approximate surface area is 102 Å². The van der Waals surface area contributed by atoms with Crippen molar-refractivity contribution in [1.82, 2.24) is 0 Å². The second kappa shape index (κ2) is 4.67. The molecule has 1 unspecified atom stereocenters. The molecule has 1 atom stereocenters. The van der Waals surface area contributed by atoms with Crippen molar-refractivity contribution in [2.75, 3.05) is 11.9 Å². The average molecular weight is 233 g/mol. The third-order valence-electron chi connectivity index (χ3n) is 4.40. The van der Waals surface area contributed by atoms with Crippen LogP contribution < -0.4 is 5.32 Å². The van der Waals surface area contributed by atoms with Crippen LogP contribution in [0.3, 0.4) is 0 Å². The van der Waals surface area contributed by atoms with Crippen LogP contribution in [0, 0.1) is 11.7 Å². The molecule has 0 radical (unpaired) electrons. The Balaban J connectivity index is 1.89. The smallest absolute Gasteiger partial charge is 0.123 e. The van der Waals surface area contributed by atoms with Crippen LogP contribution in [-0.4, -0.2) is 6.54 Å². The van der Waals surface area contributed by atoms with Crippen molar-refractivity contribution in [1.29, 1.82) is 0 Å². The monoisotopic (exact) mass is 233 g/mol. The highest BCUT2D eigenvalue weighted by Crippen LogP contribution is 2.42. The largest absolute Gasteiger partial charge is 0.385 e. The average Bonchev–Trinajstić information content (AvgIpc) is 2.39. The first-order valence-electron chi connectivity index (χ1n) is 6.88. The molecule has 92 valence electrons. The second-order valence-electron chi connectivity index (χ2n) is 5.45. The molecule has 2 heteroatoms. The van der Waals surface area contributed by atoms with Crippen molar-refractivity contribution in [3.8, 4) is 0 Å². The molecule has 1 aromatic carbocycles. The molecule has 1 aliphatic carbocycles. The Morgan fingerprint density at radius 1 is 1.06 bits per heavy atom. The minimum absolute atomic E-state index is 0.0896. The van der Waals surface area contributed by atoms with Crippen molar-refractivity contribution in [2.24, 2.45) is 5.92 Å². The standard InChI is InChI=1S/C15H20FN/c16-12-6-7-15-14(10-12)13(8-9-17-15)11-4-2-1-3-5-11/h6-7,10-11,13,17H,1-5,8-9H2. The van der Waals surface area contributed by atoms with Gasteiger partial charge in [0.25, 0.3) is 0 Å². The van der Waals surface area contributed by atoms with Crippen molar-refractivity contribution in [3.05, 3.63) is 29.6 Å². The predicted octanol–water partition coefficient (Wildman–Crippen LogP) is 4.31. The van der Waals surface area contributed by atoms with Crippen LogP contribution in [0.4, 0.5) is 10.1 Å².